The molecule has 4 rings (SSSR count). The van der Waals surface area contributed by atoms with Gasteiger partial charge in [0.25, 0.3) is 5.91 Å². The van der Waals surface area contributed by atoms with Crippen molar-refractivity contribution >= 4 is 21.8 Å². The number of hydrogen-bond acceptors (Lipinski definition) is 8. The van der Waals surface area contributed by atoms with Gasteiger partial charge in [0.05, 0.1) is 25.6 Å². The lowest BCUT2D eigenvalue weighted by Gasteiger charge is -2.23. The molecular formula is C38H65FN4O6S. The van der Waals surface area contributed by atoms with E-state index in [1.807, 2.05) is 64.5 Å². The van der Waals surface area contributed by atoms with E-state index in [9.17, 15) is 22.4 Å². The summed E-state index contributed by atoms with van der Waals surface area (Å²) in [6.07, 6.45) is 13.4. The predicted octanol–water partition coefficient (Wildman–Crippen LogP) is 8.32. The molecule has 2 aliphatic rings. The van der Waals surface area contributed by atoms with E-state index in [1.165, 1.54) is 44.8 Å². The van der Waals surface area contributed by atoms with Crippen molar-refractivity contribution in [3.8, 4) is 5.75 Å². The average molecular weight is 725 g/mol. The molecule has 1 atom stereocenters. The third kappa shape index (κ3) is 15.9. The van der Waals surface area contributed by atoms with Crippen molar-refractivity contribution in [2.75, 3.05) is 32.6 Å². The fourth-order valence-electron chi connectivity index (χ4n) is 6.27. The van der Waals surface area contributed by atoms with Crippen LogP contribution < -0.4 is 14.8 Å². The minimum atomic E-state index is -3.86. The molecule has 2 fully saturated rings. The number of ether oxygens (including phenoxy) is 1. The first kappa shape index (κ1) is 45.0. The highest BCUT2D eigenvalue weighted by atomic mass is 32.2. The molecule has 2 N–H and O–H groups in total. The summed E-state index contributed by atoms with van der Waals surface area (Å²) in [7, 11) is -2.27. The number of oxazole rings is 1. The predicted molar refractivity (Wildman–Crippen MR) is 200 cm³/mol. The number of amides is 2. The summed E-state index contributed by atoms with van der Waals surface area (Å²) in [5.74, 6) is 0.757. The first-order valence-corrected chi connectivity index (χ1v) is 20.7. The Labute approximate surface area is 301 Å². The molecule has 1 aliphatic carbocycles. The second kappa shape index (κ2) is 25.9. The first-order chi connectivity index (χ1) is 24.3. The van der Waals surface area contributed by atoms with E-state index >= 15 is 0 Å². The lowest BCUT2D eigenvalue weighted by atomic mass is 9.86. The molecule has 10 nitrogen and oxygen atoms in total. The number of nitrogens with one attached hydrogen (secondary N) is 2. The molecule has 2 amide bonds. The zero-order valence-corrected chi connectivity index (χ0v) is 32.6. The maximum Gasteiger partial charge on any atom is 0.273 e. The van der Waals surface area contributed by atoms with Crippen LogP contribution in [0.25, 0.3) is 0 Å². The highest BCUT2D eigenvalue weighted by Gasteiger charge is 2.31. The van der Waals surface area contributed by atoms with Gasteiger partial charge in [0.1, 0.15) is 12.0 Å². The smallest absolute Gasteiger partial charge is 0.273 e. The second-order valence-corrected chi connectivity index (χ2v) is 13.8. The number of hydrogen-bond donors (Lipinski definition) is 2. The summed E-state index contributed by atoms with van der Waals surface area (Å²) < 4.78 is 49.6. The highest BCUT2D eigenvalue weighted by molar-refractivity contribution is 7.90. The number of carbonyl (C=O) groups is 2. The molecule has 2 heterocycles. The normalized spacial score (nSPS) is 16.1. The number of methoxy groups -OCH3 is 1. The molecule has 286 valence electrons. The average Bonchev–Trinajstić information content (AvgIpc) is 3.83. The van der Waals surface area contributed by atoms with Crippen LogP contribution in [-0.4, -0.2) is 62.7 Å². The maximum absolute atomic E-state index is 12.7. The lowest BCUT2D eigenvalue weighted by Crippen LogP contribution is -2.33. The number of sulfonamides is 1. The zero-order valence-electron chi connectivity index (χ0n) is 31.8. The van der Waals surface area contributed by atoms with E-state index in [1.54, 1.807) is 7.11 Å². The molecule has 0 bridgehead atoms. The van der Waals surface area contributed by atoms with Gasteiger partial charge in [-0.25, -0.2) is 13.4 Å². The fraction of sp³-hybridized carbons (Fsp3) is 0.711. The largest absolute Gasteiger partial charge is 0.497 e. The molecule has 12 heteroatoms. The number of rotatable bonds is 17. The van der Waals surface area contributed by atoms with Gasteiger partial charge in [-0.05, 0) is 67.8 Å². The Morgan fingerprint density at radius 3 is 2.38 bits per heavy atom. The van der Waals surface area contributed by atoms with Crippen LogP contribution in [0.2, 0.25) is 0 Å². The Bertz CT molecular complexity index is 1330. The van der Waals surface area contributed by atoms with Crippen molar-refractivity contribution in [1.82, 2.24) is 19.9 Å². The number of carbonyl (C=O) groups excluding carboxylic acids is 2. The van der Waals surface area contributed by atoms with Gasteiger partial charge in [0.2, 0.25) is 21.8 Å². The van der Waals surface area contributed by atoms with E-state index in [0.29, 0.717) is 31.2 Å². The van der Waals surface area contributed by atoms with E-state index in [0.717, 1.165) is 49.3 Å². The van der Waals surface area contributed by atoms with E-state index in [2.05, 4.69) is 15.2 Å². The summed E-state index contributed by atoms with van der Waals surface area (Å²) in [5, 5.41) is 2.98. The van der Waals surface area contributed by atoms with E-state index in [-0.39, 0.29) is 30.5 Å². The number of benzene rings is 1. The third-order valence-corrected chi connectivity index (χ3v) is 10.0. The van der Waals surface area contributed by atoms with Gasteiger partial charge in [0, 0.05) is 19.5 Å². The summed E-state index contributed by atoms with van der Waals surface area (Å²) in [4.78, 5) is 31.9. The van der Waals surface area contributed by atoms with Crippen molar-refractivity contribution in [3.05, 3.63) is 47.2 Å². The number of alkyl halides is 1. The maximum atomic E-state index is 12.7. The van der Waals surface area contributed by atoms with Gasteiger partial charge >= 0.3 is 0 Å². The van der Waals surface area contributed by atoms with Crippen molar-refractivity contribution in [2.24, 2.45) is 5.92 Å². The Kier molecular flexibility index (Phi) is 23.3. The van der Waals surface area contributed by atoms with Crippen LogP contribution in [0.3, 0.4) is 0 Å². The molecule has 50 heavy (non-hydrogen) atoms. The van der Waals surface area contributed by atoms with Crippen LogP contribution in [0.15, 0.2) is 28.9 Å². The SMILES string of the molecule is CC.CC.CC.COc1ccc(CCC(=O)NS(=O)(=O)CCCF)c(CN2CCC[C@H]2c2nc(C(=O)NCCCCC3CCCCC3)co2)c1. The van der Waals surface area contributed by atoms with Crippen molar-refractivity contribution < 1.29 is 31.6 Å². The standard InChI is InChI=1S/C32H47FN4O6S.3C2H6/c1-42-27-15-13-25(14-16-30(38)36-44(40,41)20-8-17-33)26(21-27)22-37-19-7-12-29(37)32-35-28(23-43-32)31(39)34-18-6-5-11-24-9-3-2-4-10-24;3*1-2/h13,15,21,23-24,29H,2-12,14,16-20,22H2,1H3,(H,34,39)(H,36,38);3*1-2H3/t29-;;;/m0.../s1. The second-order valence-electron chi connectivity index (χ2n) is 12.0. The minimum absolute atomic E-state index is 0.0313. The molecule has 0 radical (unpaired) electrons. The number of likely N-dealkylation sites (tertiary alicyclic amines) is 1. The Morgan fingerprint density at radius 1 is 0.980 bits per heavy atom. The molecule has 0 spiro atoms. The van der Waals surface area contributed by atoms with Gasteiger partial charge in [-0.2, -0.15) is 0 Å². The lowest BCUT2D eigenvalue weighted by molar-refractivity contribution is -0.119. The van der Waals surface area contributed by atoms with Crippen LogP contribution in [0.1, 0.15) is 152 Å². The number of aromatic nitrogens is 1. The number of aryl methyl sites for hydroxylation is 1. The molecule has 0 unspecified atom stereocenters. The minimum Gasteiger partial charge on any atom is -0.497 e. The Hall–Kier alpha value is -2.99. The van der Waals surface area contributed by atoms with E-state index in [4.69, 9.17) is 9.15 Å². The molecule has 1 aliphatic heterocycles. The number of unbranched alkanes of at least 4 members (excludes halogenated alkanes) is 1. The molecule has 1 saturated heterocycles. The van der Waals surface area contributed by atoms with Crippen molar-refractivity contribution in [1.29, 1.82) is 0 Å². The Morgan fingerprint density at radius 2 is 1.70 bits per heavy atom. The van der Waals surface area contributed by atoms with Crippen LogP contribution in [0.5, 0.6) is 5.75 Å². The summed E-state index contributed by atoms with van der Waals surface area (Å²) in [6.45, 7) is 13.2. The molecule has 1 saturated carbocycles. The quantitative estimate of drug-likeness (QED) is 0.156. The monoisotopic (exact) mass is 724 g/mol. The third-order valence-electron chi connectivity index (χ3n) is 8.68. The Balaban J connectivity index is 0.00000197. The molecular weight excluding hydrogens is 660 g/mol. The number of halogens is 1. The van der Waals surface area contributed by atoms with E-state index < -0.39 is 28.4 Å². The first-order valence-electron chi connectivity index (χ1n) is 19.0. The zero-order chi connectivity index (χ0) is 37.4. The van der Waals surface area contributed by atoms with Gasteiger partial charge in [0.15, 0.2) is 5.69 Å². The van der Waals surface area contributed by atoms with Gasteiger partial charge < -0.3 is 14.5 Å². The fourth-order valence-corrected chi connectivity index (χ4v) is 7.31. The van der Waals surface area contributed by atoms with Crippen LogP contribution in [-0.2, 0) is 27.8 Å². The van der Waals surface area contributed by atoms with Gasteiger partial charge in [-0.3, -0.25) is 23.6 Å². The number of nitrogens with zero attached hydrogens (tertiary/aromatic N) is 2. The molecule has 1 aromatic carbocycles. The van der Waals surface area contributed by atoms with Crippen LogP contribution in [0.4, 0.5) is 4.39 Å². The summed E-state index contributed by atoms with van der Waals surface area (Å²) in [5.41, 5.74) is 2.12. The highest BCUT2D eigenvalue weighted by Crippen LogP contribution is 2.34. The van der Waals surface area contributed by atoms with Crippen molar-refractivity contribution in [3.63, 3.8) is 0 Å². The van der Waals surface area contributed by atoms with Crippen LogP contribution >= 0.6 is 0 Å². The molecule has 1 aromatic heterocycles. The summed E-state index contributed by atoms with van der Waals surface area (Å²) in [6, 6.07) is 5.51. The topological polar surface area (TPSA) is 131 Å². The van der Waals surface area contributed by atoms with Crippen molar-refractivity contribution in [2.45, 2.75) is 138 Å². The van der Waals surface area contributed by atoms with Gasteiger partial charge in [-0.1, -0.05) is 92.6 Å². The van der Waals surface area contributed by atoms with Crippen LogP contribution in [0, 0.1) is 5.92 Å². The summed E-state index contributed by atoms with van der Waals surface area (Å²) >= 11 is 0. The molecule has 2 aromatic rings. The van der Waals surface area contributed by atoms with Gasteiger partial charge in [-0.15, -0.1) is 0 Å².